The highest BCUT2D eigenvalue weighted by molar-refractivity contribution is 5.61. The molecule has 0 aliphatic carbocycles. The smallest absolute Gasteiger partial charge is 0.496 e. The van der Waals surface area contributed by atoms with E-state index in [2.05, 4.69) is 11.9 Å². The number of aliphatic hydroxyl groups is 1. The number of aromatic nitrogens is 1. The largest absolute Gasteiger partial charge is 0.516 e. The molecular formula is C18H29N2O4+. The maximum Gasteiger partial charge on any atom is 0.516 e. The van der Waals surface area contributed by atoms with E-state index in [0.717, 1.165) is 6.42 Å². The minimum absolute atomic E-state index is 0.0532. The average molecular weight is 337 g/mol. The summed E-state index contributed by atoms with van der Waals surface area (Å²) in [5.41, 5.74) is 0.0399. The Labute approximate surface area is 144 Å². The van der Waals surface area contributed by atoms with Crippen LogP contribution in [-0.4, -0.2) is 53.0 Å². The minimum atomic E-state index is -0.851. The molecule has 1 amide bonds. The van der Waals surface area contributed by atoms with Crippen LogP contribution in [-0.2, 0) is 4.74 Å². The molecule has 1 aromatic rings. The van der Waals surface area contributed by atoms with Crippen molar-refractivity contribution in [3.8, 4) is 5.75 Å². The van der Waals surface area contributed by atoms with E-state index >= 15 is 0 Å². The van der Waals surface area contributed by atoms with E-state index in [1.54, 1.807) is 25.6 Å². The molecule has 0 aromatic carbocycles. The van der Waals surface area contributed by atoms with Gasteiger partial charge in [0.2, 0.25) is 0 Å². The molecule has 0 spiro atoms. The van der Waals surface area contributed by atoms with E-state index < -0.39 is 11.7 Å². The Balaban J connectivity index is 2.34. The minimum Gasteiger partial charge on any atom is -0.496 e. The molecule has 1 aliphatic rings. The van der Waals surface area contributed by atoms with Gasteiger partial charge in [0.1, 0.15) is 23.5 Å². The van der Waals surface area contributed by atoms with Gasteiger partial charge in [-0.3, -0.25) is 4.98 Å². The summed E-state index contributed by atoms with van der Waals surface area (Å²) in [5.74, 6) is 0.887. The number of quaternary nitrogens is 1. The van der Waals surface area contributed by atoms with Crippen molar-refractivity contribution in [2.75, 3.05) is 20.7 Å². The zero-order valence-corrected chi connectivity index (χ0v) is 15.4. The number of methoxy groups -OCH3 is 1. The summed E-state index contributed by atoms with van der Waals surface area (Å²) < 4.78 is 11.0. The molecule has 1 N–H and O–H groups in total. The lowest BCUT2D eigenvalue weighted by Crippen LogP contribution is -2.56. The number of likely N-dealkylation sites (N-methyl/N-ethyl adjacent to an activating group) is 1. The number of hydrogen-bond acceptors (Lipinski definition) is 5. The fraction of sp³-hybridized carbons (Fsp3) is 0.667. The van der Waals surface area contributed by atoms with Crippen LogP contribution in [0.5, 0.6) is 5.75 Å². The molecule has 1 fully saturated rings. The van der Waals surface area contributed by atoms with Crippen LogP contribution in [0.2, 0.25) is 0 Å². The van der Waals surface area contributed by atoms with E-state index in [-0.39, 0.29) is 16.6 Å². The second kappa shape index (κ2) is 6.69. The third-order valence-electron chi connectivity index (χ3n) is 4.59. The van der Waals surface area contributed by atoms with E-state index in [4.69, 9.17) is 9.47 Å². The van der Waals surface area contributed by atoms with Crippen molar-refractivity contribution in [3.63, 3.8) is 0 Å². The number of carbonyl (C=O) groups is 1. The van der Waals surface area contributed by atoms with Gasteiger partial charge in [-0.25, -0.2) is 4.48 Å². The van der Waals surface area contributed by atoms with Crippen molar-refractivity contribution in [3.05, 3.63) is 24.0 Å². The van der Waals surface area contributed by atoms with Crippen LogP contribution in [0, 0.1) is 5.92 Å². The summed E-state index contributed by atoms with van der Waals surface area (Å²) in [7, 11) is 3.40. The summed E-state index contributed by atoms with van der Waals surface area (Å²) >= 11 is 0. The van der Waals surface area contributed by atoms with Gasteiger partial charge in [-0.05, 0) is 26.8 Å². The first-order chi connectivity index (χ1) is 11.1. The van der Waals surface area contributed by atoms with Crippen LogP contribution in [0.4, 0.5) is 4.79 Å². The maximum atomic E-state index is 12.8. The van der Waals surface area contributed by atoms with Crippen LogP contribution in [0.1, 0.15) is 45.8 Å². The van der Waals surface area contributed by atoms with Crippen LogP contribution in [0.3, 0.4) is 0 Å². The first kappa shape index (κ1) is 18.7. The Morgan fingerprint density at radius 1 is 1.46 bits per heavy atom. The fourth-order valence-corrected chi connectivity index (χ4v) is 3.53. The summed E-state index contributed by atoms with van der Waals surface area (Å²) in [6, 6.07) is 1.42. The van der Waals surface area contributed by atoms with Crippen molar-refractivity contribution in [1.82, 2.24) is 4.98 Å². The molecule has 0 radical (unpaired) electrons. The molecule has 0 saturated carbocycles. The lowest BCUT2D eigenvalue weighted by atomic mass is 9.97. The maximum absolute atomic E-state index is 12.8. The molecule has 3 unspecified atom stereocenters. The fourth-order valence-electron chi connectivity index (χ4n) is 3.53. The number of aliphatic hydroxyl groups excluding tert-OH is 1. The van der Waals surface area contributed by atoms with Crippen molar-refractivity contribution in [2.24, 2.45) is 5.92 Å². The predicted octanol–water partition coefficient (Wildman–Crippen LogP) is 2.91. The van der Waals surface area contributed by atoms with E-state index in [1.165, 1.54) is 0 Å². The van der Waals surface area contributed by atoms with Crippen molar-refractivity contribution < 1.29 is 23.9 Å². The molecule has 2 heterocycles. The predicted molar refractivity (Wildman–Crippen MR) is 90.6 cm³/mol. The topological polar surface area (TPSA) is 68.7 Å². The molecule has 4 atom stereocenters. The molecule has 1 aromatic heterocycles. The molecule has 2 rings (SSSR count). The number of likely N-dealkylation sites (tertiary alicyclic amines) is 1. The van der Waals surface area contributed by atoms with E-state index in [1.807, 2.05) is 27.8 Å². The van der Waals surface area contributed by atoms with Gasteiger partial charge < -0.3 is 14.6 Å². The van der Waals surface area contributed by atoms with Gasteiger partial charge in [-0.1, -0.05) is 6.92 Å². The summed E-state index contributed by atoms with van der Waals surface area (Å²) in [6.07, 6.45) is 2.80. The standard InChI is InChI=1S/C18H29N2O4/c1-12-9-14(16(21)13-10-19-8-7-15(13)23-6)20(5,11-12)17(22)24-18(2,3)4/h7-8,10,12,14,16,21H,9,11H2,1-6H3/q+1/t12-,14?,16?,20?/m0/s1. The third-order valence-corrected chi connectivity index (χ3v) is 4.59. The van der Waals surface area contributed by atoms with Crippen LogP contribution < -0.4 is 4.74 Å². The second-order valence-electron chi connectivity index (χ2n) is 7.90. The lowest BCUT2D eigenvalue weighted by molar-refractivity contribution is -0.857. The van der Waals surface area contributed by atoms with Crippen molar-refractivity contribution >= 4 is 6.09 Å². The number of amides is 1. The Bertz CT molecular complexity index is 599. The number of nitrogens with zero attached hydrogens (tertiary/aromatic N) is 2. The van der Waals surface area contributed by atoms with E-state index in [9.17, 15) is 9.90 Å². The Morgan fingerprint density at radius 3 is 2.71 bits per heavy atom. The van der Waals surface area contributed by atoms with Crippen LogP contribution in [0.25, 0.3) is 0 Å². The summed E-state index contributed by atoms with van der Waals surface area (Å²) in [6.45, 7) is 8.29. The van der Waals surface area contributed by atoms with Crippen LogP contribution in [0.15, 0.2) is 18.5 Å². The number of hydrogen-bond donors (Lipinski definition) is 1. The number of ether oxygens (including phenoxy) is 2. The van der Waals surface area contributed by atoms with Gasteiger partial charge in [-0.15, -0.1) is 0 Å². The van der Waals surface area contributed by atoms with Crippen molar-refractivity contribution in [1.29, 1.82) is 0 Å². The SMILES string of the molecule is COc1ccncc1C(O)C1C[C@H](C)C[N+]1(C)C(=O)OC(C)(C)C. The zero-order valence-electron chi connectivity index (χ0n) is 15.4. The highest BCUT2D eigenvalue weighted by Crippen LogP contribution is 2.40. The highest BCUT2D eigenvalue weighted by Gasteiger charge is 2.53. The van der Waals surface area contributed by atoms with Crippen LogP contribution >= 0.6 is 0 Å². The van der Waals surface area contributed by atoms with E-state index in [0.29, 0.717) is 23.8 Å². The zero-order chi connectivity index (χ0) is 18.1. The summed E-state index contributed by atoms with van der Waals surface area (Å²) in [4.78, 5) is 16.9. The Hall–Kier alpha value is -1.66. The molecule has 1 saturated heterocycles. The molecule has 0 bridgehead atoms. The van der Waals surface area contributed by atoms with Gasteiger partial charge in [0, 0.05) is 30.3 Å². The third kappa shape index (κ3) is 3.70. The normalized spacial score (nSPS) is 28.5. The molecule has 1 aliphatic heterocycles. The quantitative estimate of drug-likeness (QED) is 0.859. The average Bonchev–Trinajstić information content (AvgIpc) is 2.81. The van der Waals surface area contributed by atoms with Gasteiger partial charge in [0.05, 0.1) is 20.7 Å². The number of pyridine rings is 1. The first-order valence-corrected chi connectivity index (χ1v) is 8.33. The monoisotopic (exact) mass is 337 g/mol. The van der Waals surface area contributed by atoms with Gasteiger partial charge in [-0.2, -0.15) is 4.79 Å². The first-order valence-electron chi connectivity index (χ1n) is 8.33. The van der Waals surface area contributed by atoms with Gasteiger partial charge in [0.15, 0.2) is 0 Å². The highest BCUT2D eigenvalue weighted by atomic mass is 16.6. The molecular weight excluding hydrogens is 308 g/mol. The lowest BCUT2D eigenvalue weighted by Gasteiger charge is -2.36. The van der Waals surface area contributed by atoms with Crippen molar-refractivity contribution in [2.45, 2.75) is 51.9 Å². The molecule has 6 heteroatoms. The number of carbonyl (C=O) groups excluding carboxylic acids is 1. The van der Waals surface area contributed by atoms with Gasteiger partial charge >= 0.3 is 6.09 Å². The molecule has 134 valence electrons. The number of rotatable bonds is 3. The second-order valence-corrected chi connectivity index (χ2v) is 7.90. The Kier molecular flexibility index (Phi) is 5.20. The summed E-state index contributed by atoms with van der Waals surface area (Å²) in [5, 5.41) is 11.0. The molecule has 24 heavy (non-hydrogen) atoms. The van der Waals surface area contributed by atoms with Gasteiger partial charge in [0.25, 0.3) is 0 Å². The molecule has 6 nitrogen and oxygen atoms in total. The Morgan fingerprint density at radius 2 is 2.12 bits per heavy atom.